The van der Waals surface area contributed by atoms with E-state index in [1.54, 1.807) is 10.6 Å². The van der Waals surface area contributed by atoms with Crippen LogP contribution in [0.3, 0.4) is 0 Å². The van der Waals surface area contributed by atoms with Gasteiger partial charge in [0.25, 0.3) is 5.88 Å². The van der Waals surface area contributed by atoms with Crippen LogP contribution in [0.25, 0.3) is 5.65 Å². The van der Waals surface area contributed by atoms with Crippen LogP contribution < -0.4 is 10.1 Å². The third-order valence-corrected chi connectivity index (χ3v) is 3.46. The smallest absolute Gasteiger partial charge is 0.260 e. The minimum absolute atomic E-state index is 0.101. The summed E-state index contributed by atoms with van der Waals surface area (Å²) in [6, 6.07) is 0. The molecule has 0 aliphatic carbocycles. The standard InChI is InChI=1S/C13H14N6O4/c1-23-13-12-17-16-8(18(12)5-4-14-13)6-15-9(20)7-19-10(21)2-3-11(19)22/h4-5H,2-3,6-7H2,1H3,(H,15,20). The topological polar surface area (TPSA) is 119 Å². The third-order valence-electron chi connectivity index (χ3n) is 3.46. The third kappa shape index (κ3) is 2.82. The normalized spacial score (nSPS) is 14.6. The van der Waals surface area contributed by atoms with E-state index in [2.05, 4.69) is 20.5 Å². The molecule has 0 bridgehead atoms. The molecule has 3 rings (SSSR count). The number of hydrogen-bond donors (Lipinski definition) is 1. The Balaban J connectivity index is 1.65. The molecule has 120 valence electrons. The van der Waals surface area contributed by atoms with Crippen molar-refractivity contribution in [2.24, 2.45) is 0 Å². The molecule has 23 heavy (non-hydrogen) atoms. The zero-order valence-corrected chi connectivity index (χ0v) is 12.4. The summed E-state index contributed by atoms with van der Waals surface area (Å²) in [5, 5.41) is 10.5. The molecule has 0 radical (unpaired) electrons. The van der Waals surface area contributed by atoms with Gasteiger partial charge in [0.05, 0.1) is 13.7 Å². The zero-order valence-electron chi connectivity index (χ0n) is 12.4. The molecule has 0 unspecified atom stereocenters. The highest BCUT2D eigenvalue weighted by Gasteiger charge is 2.30. The Bertz CT molecular complexity index is 770. The van der Waals surface area contributed by atoms with Crippen molar-refractivity contribution in [3.63, 3.8) is 0 Å². The van der Waals surface area contributed by atoms with Gasteiger partial charge in [-0.05, 0) is 0 Å². The molecule has 0 atom stereocenters. The van der Waals surface area contributed by atoms with E-state index in [1.165, 1.54) is 13.3 Å². The van der Waals surface area contributed by atoms with Gasteiger partial charge in [-0.15, -0.1) is 10.2 Å². The Hall–Kier alpha value is -3.04. The summed E-state index contributed by atoms with van der Waals surface area (Å²) < 4.78 is 6.71. The number of carbonyl (C=O) groups excluding carboxylic acids is 3. The second kappa shape index (κ2) is 5.99. The largest absolute Gasteiger partial charge is 0.478 e. The van der Waals surface area contributed by atoms with Crippen LogP contribution in [0, 0.1) is 0 Å². The van der Waals surface area contributed by atoms with E-state index in [4.69, 9.17) is 4.74 Å². The molecule has 1 fully saturated rings. The van der Waals surface area contributed by atoms with Gasteiger partial charge >= 0.3 is 0 Å². The van der Waals surface area contributed by atoms with Crippen molar-refractivity contribution in [1.29, 1.82) is 0 Å². The highest BCUT2D eigenvalue weighted by molar-refractivity contribution is 6.04. The monoisotopic (exact) mass is 318 g/mol. The first-order valence-electron chi connectivity index (χ1n) is 6.92. The van der Waals surface area contributed by atoms with Crippen LogP contribution in [-0.2, 0) is 20.9 Å². The molecular formula is C13H14N6O4. The van der Waals surface area contributed by atoms with Gasteiger partial charge < -0.3 is 10.1 Å². The lowest BCUT2D eigenvalue weighted by Crippen LogP contribution is -2.39. The van der Waals surface area contributed by atoms with E-state index in [0.29, 0.717) is 17.4 Å². The molecule has 1 N–H and O–H groups in total. The van der Waals surface area contributed by atoms with Crippen LogP contribution in [0.4, 0.5) is 0 Å². The van der Waals surface area contributed by atoms with Crippen molar-refractivity contribution in [2.45, 2.75) is 19.4 Å². The highest BCUT2D eigenvalue weighted by atomic mass is 16.5. The van der Waals surface area contributed by atoms with Gasteiger partial charge in [-0.1, -0.05) is 0 Å². The van der Waals surface area contributed by atoms with Gasteiger partial charge in [-0.2, -0.15) is 0 Å². The second-order valence-corrected chi connectivity index (χ2v) is 4.90. The number of fused-ring (bicyclic) bond motifs is 1. The lowest BCUT2D eigenvalue weighted by Gasteiger charge is -2.13. The number of methoxy groups -OCH3 is 1. The predicted octanol–water partition coefficient (Wildman–Crippen LogP) is -1.10. The molecule has 2 aromatic heterocycles. The molecule has 0 aromatic carbocycles. The minimum Gasteiger partial charge on any atom is -0.478 e. The number of ether oxygens (including phenoxy) is 1. The Morgan fingerprint density at radius 3 is 2.74 bits per heavy atom. The average Bonchev–Trinajstić information content (AvgIpc) is 3.11. The first kappa shape index (κ1) is 14.9. The van der Waals surface area contributed by atoms with Crippen molar-refractivity contribution >= 4 is 23.4 Å². The minimum atomic E-state index is -0.439. The van der Waals surface area contributed by atoms with E-state index in [0.717, 1.165) is 4.90 Å². The van der Waals surface area contributed by atoms with Gasteiger partial charge in [0, 0.05) is 25.2 Å². The Morgan fingerprint density at radius 2 is 2.04 bits per heavy atom. The first-order valence-corrected chi connectivity index (χ1v) is 6.92. The van der Waals surface area contributed by atoms with Crippen molar-refractivity contribution in [3.05, 3.63) is 18.2 Å². The Morgan fingerprint density at radius 1 is 1.30 bits per heavy atom. The molecule has 0 saturated carbocycles. The fourth-order valence-corrected chi connectivity index (χ4v) is 2.29. The average molecular weight is 318 g/mol. The number of aromatic nitrogens is 4. The summed E-state index contributed by atoms with van der Waals surface area (Å²) in [6.07, 6.45) is 3.50. The number of carbonyl (C=O) groups is 3. The summed E-state index contributed by atoms with van der Waals surface area (Å²) in [4.78, 5) is 39.8. The molecule has 10 nitrogen and oxygen atoms in total. The maximum absolute atomic E-state index is 11.9. The summed E-state index contributed by atoms with van der Waals surface area (Å²) >= 11 is 0. The molecule has 1 saturated heterocycles. The van der Waals surface area contributed by atoms with Crippen molar-refractivity contribution in [3.8, 4) is 5.88 Å². The molecule has 10 heteroatoms. The fraction of sp³-hybridized carbons (Fsp3) is 0.385. The molecule has 1 aliphatic heterocycles. The first-order chi connectivity index (χ1) is 11.1. The van der Waals surface area contributed by atoms with E-state index >= 15 is 0 Å². The molecule has 2 aromatic rings. The van der Waals surface area contributed by atoms with E-state index < -0.39 is 5.91 Å². The zero-order chi connectivity index (χ0) is 16.4. The lowest BCUT2D eigenvalue weighted by molar-refractivity contribution is -0.142. The second-order valence-electron chi connectivity index (χ2n) is 4.90. The molecule has 3 amide bonds. The number of hydrogen-bond acceptors (Lipinski definition) is 7. The highest BCUT2D eigenvalue weighted by Crippen LogP contribution is 2.14. The number of rotatable bonds is 5. The summed E-state index contributed by atoms with van der Waals surface area (Å²) in [6.45, 7) is -0.178. The maximum Gasteiger partial charge on any atom is 0.260 e. The molecule has 1 aliphatic rings. The fourth-order valence-electron chi connectivity index (χ4n) is 2.29. The van der Waals surface area contributed by atoms with Gasteiger partial charge in [-0.25, -0.2) is 4.98 Å². The number of amides is 3. The quantitative estimate of drug-likeness (QED) is 0.695. The van der Waals surface area contributed by atoms with Crippen molar-refractivity contribution < 1.29 is 19.1 Å². The number of likely N-dealkylation sites (tertiary alicyclic amines) is 1. The number of nitrogens with one attached hydrogen (secondary N) is 1. The summed E-state index contributed by atoms with van der Waals surface area (Å²) in [5.74, 6) is -0.284. The van der Waals surface area contributed by atoms with E-state index in [1.807, 2.05) is 0 Å². The van der Waals surface area contributed by atoms with Crippen LogP contribution >= 0.6 is 0 Å². The van der Waals surface area contributed by atoms with E-state index in [-0.39, 0.29) is 37.7 Å². The SMILES string of the molecule is COc1nccn2c(CNC(=O)CN3C(=O)CCC3=O)nnc12. The maximum atomic E-state index is 11.9. The summed E-state index contributed by atoms with van der Waals surface area (Å²) in [7, 11) is 1.47. The van der Waals surface area contributed by atoms with Gasteiger partial charge in [0.15, 0.2) is 5.82 Å². The van der Waals surface area contributed by atoms with Crippen LogP contribution in [0.5, 0.6) is 5.88 Å². The number of imide groups is 1. The van der Waals surface area contributed by atoms with E-state index in [9.17, 15) is 14.4 Å². The van der Waals surface area contributed by atoms with Crippen LogP contribution in [0.15, 0.2) is 12.4 Å². The van der Waals surface area contributed by atoms with Gasteiger partial charge in [-0.3, -0.25) is 23.7 Å². The lowest BCUT2D eigenvalue weighted by atomic mass is 10.4. The van der Waals surface area contributed by atoms with Gasteiger partial charge in [0.2, 0.25) is 23.4 Å². The van der Waals surface area contributed by atoms with Crippen molar-refractivity contribution in [1.82, 2.24) is 29.8 Å². The molecular weight excluding hydrogens is 304 g/mol. The van der Waals surface area contributed by atoms with Crippen LogP contribution in [-0.4, -0.2) is 55.9 Å². The predicted molar refractivity (Wildman–Crippen MR) is 75.1 cm³/mol. The summed E-state index contributed by atoms with van der Waals surface area (Å²) in [5.41, 5.74) is 0.434. The Kier molecular flexibility index (Phi) is 3.87. The number of nitrogens with zero attached hydrogens (tertiary/aromatic N) is 5. The van der Waals surface area contributed by atoms with Gasteiger partial charge in [0.1, 0.15) is 6.54 Å². The van der Waals surface area contributed by atoms with Crippen LogP contribution in [0.1, 0.15) is 18.7 Å². The van der Waals surface area contributed by atoms with Crippen molar-refractivity contribution in [2.75, 3.05) is 13.7 Å². The Labute approximate surface area is 130 Å². The molecule has 3 heterocycles. The van der Waals surface area contributed by atoms with Crippen LogP contribution in [0.2, 0.25) is 0 Å². The molecule has 0 spiro atoms.